The number of hydrogen-bond acceptors (Lipinski definition) is 3. The Morgan fingerprint density at radius 1 is 1.12 bits per heavy atom. The normalized spacial score (nSPS) is 18.7. The van der Waals surface area contributed by atoms with Gasteiger partial charge in [0.15, 0.2) is 0 Å². The van der Waals surface area contributed by atoms with Gasteiger partial charge < -0.3 is 15.0 Å². The van der Waals surface area contributed by atoms with Gasteiger partial charge in [0.25, 0.3) is 0 Å². The van der Waals surface area contributed by atoms with Gasteiger partial charge in [-0.3, -0.25) is 0 Å². The summed E-state index contributed by atoms with van der Waals surface area (Å²) in [5.41, 5.74) is 0. The lowest BCUT2D eigenvalue weighted by Gasteiger charge is -2.32. The quantitative estimate of drug-likeness (QED) is 0.628. The van der Waals surface area contributed by atoms with Crippen molar-refractivity contribution >= 4 is 0 Å². The summed E-state index contributed by atoms with van der Waals surface area (Å²) >= 11 is 0. The summed E-state index contributed by atoms with van der Waals surface area (Å²) in [6.07, 6.45) is 6.25. The number of piperidine rings is 1. The summed E-state index contributed by atoms with van der Waals surface area (Å²) in [6.45, 7) is 11.1. The van der Waals surface area contributed by atoms with Gasteiger partial charge in [-0.15, -0.1) is 0 Å². The van der Waals surface area contributed by atoms with Gasteiger partial charge in [-0.05, 0) is 45.3 Å². The first-order chi connectivity index (χ1) is 8.36. The van der Waals surface area contributed by atoms with Crippen molar-refractivity contribution in [3.05, 3.63) is 0 Å². The molecule has 0 aromatic heterocycles. The third-order valence-corrected chi connectivity index (χ3v) is 3.49. The van der Waals surface area contributed by atoms with E-state index in [0.29, 0.717) is 0 Å². The monoisotopic (exact) mass is 242 g/mol. The molecule has 0 radical (unpaired) electrons. The van der Waals surface area contributed by atoms with Crippen molar-refractivity contribution in [3.8, 4) is 0 Å². The molecule has 0 unspecified atom stereocenters. The van der Waals surface area contributed by atoms with Crippen molar-refractivity contribution in [2.75, 3.05) is 39.4 Å². The lowest BCUT2D eigenvalue weighted by Crippen LogP contribution is -2.42. The van der Waals surface area contributed by atoms with Crippen LogP contribution in [0.3, 0.4) is 0 Å². The predicted octanol–water partition coefficient (Wildman–Crippen LogP) is 2.27. The number of ether oxygens (including phenoxy) is 1. The molecule has 0 atom stereocenters. The van der Waals surface area contributed by atoms with Crippen LogP contribution in [0.4, 0.5) is 0 Å². The molecule has 0 aromatic rings. The topological polar surface area (TPSA) is 24.5 Å². The number of unbranched alkanes of at least 4 members (excludes halogenated alkanes) is 1. The highest BCUT2D eigenvalue weighted by Crippen LogP contribution is 2.10. The minimum Gasteiger partial charge on any atom is -0.381 e. The molecule has 0 spiro atoms. The van der Waals surface area contributed by atoms with Crippen LogP contribution < -0.4 is 5.32 Å². The molecule has 0 aliphatic carbocycles. The van der Waals surface area contributed by atoms with Gasteiger partial charge in [-0.1, -0.05) is 20.3 Å². The molecular formula is C14H30N2O. The fourth-order valence-corrected chi connectivity index (χ4v) is 2.39. The summed E-state index contributed by atoms with van der Waals surface area (Å²) in [5, 5.41) is 3.54. The van der Waals surface area contributed by atoms with Crippen molar-refractivity contribution in [2.24, 2.45) is 0 Å². The molecule has 1 fully saturated rings. The van der Waals surface area contributed by atoms with Crippen LogP contribution in [-0.2, 0) is 4.74 Å². The second-order valence-electron chi connectivity index (χ2n) is 4.99. The van der Waals surface area contributed by atoms with E-state index in [2.05, 4.69) is 24.1 Å². The van der Waals surface area contributed by atoms with Crippen molar-refractivity contribution in [2.45, 2.75) is 52.0 Å². The van der Waals surface area contributed by atoms with Crippen molar-refractivity contribution < 1.29 is 4.74 Å². The average molecular weight is 242 g/mol. The van der Waals surface area contributed by atoms with Gasteiger partial charge in [-0.25, -0.2) is 0 Å². The molecule has 0 bridgehead atoms. The van der Waals surface area contributed by atoms with Gasteiger partial charge >= 0.3 is 0 Å². The van der Waals surface area contributed by atoms with Gasteiger partial charge in [0, 0.05) is 25.8 Å². The minimum atomic E-state index is 0.761. The molecule has 0 saturated carbocycles. The van der Waals surface area contributed by atoms with E-state index in [1.165, 1.54) is 51.7 Å². The van der Waals surface area contributed by atoms with Crippen molar-refractivity contribution in [1.82, 2.24) is 10.2 Å². The van der Waals surface area contributed by atoms with E-state index in [-0.39, 0.29) is 0 Å². The second-order valence-corrected chi connectivity index (χ2v) is 4.99. The van der Waals surface area contributed by atoms with Crippen molar-refractivity contribution in [1.29, 1.82) is 0 Å². The van der Waals surface area contributed by atoms with E-state index in [4.69, 9.17) is 4.74 Å². The van der Waals surface area contributed by atoms with Gasteiger partial charge in [0.2, 0.25) is 0 Å². The Morgan fingerprint density at radius 2 is 1.82 bits per heavy atom. The Balaban J connectivity index is 1.91. The Labute approximate surface area is 107 Å². The van der Waals surface area contributed by atoms with E-state index in [1.807, 2.05) is 0 Å². The predicted molar refractivity (Wildman–Crippen MR) is 73.5 cm³/mol. The Morgan fingerprint density at radius 3 is 2.47 bits per heavy atom. The molecule has 3 heteroatoms. The molecule has 102 valence electrons. The lowest BCUT2D eigenvalue weighted by molar-refractivity contribution is 0.112. The summed E-state index contributed by atoms with van der Waals surface area (Å²) in [4.78, 5) is 2.58. The maximum Gasteiger partial charge on any atom is 0.0478 e. The summed E-state index contributed by atoms with van der Waals surface area (Å²) in [7, 11) is 0. The van der Waals surface area contributed by atoms with Crippen LogP contribution in [0.2, 0.25) is 0 Å². The number of nitrogens with zero attached hydrogens (tertiary/aromatic N) is 1. The Bertz CT molecular complexity index is 168. The van der Waals surface area contributed by atoms with Crippen molar-refractivity contribution in [3.63, 3.8) is 0 Å². The summed E-state index contributed by atoms with van der Waals surface area (Å²) in [6, 6.07) is 0.761. The molecule has 17 heavy (non-hydrogen) atoms. The first-order valence-corrected chi connectivity index (χ1v) is 7.40. The molecule has 1 aliphatic rings. The highest BCUT2D eigenvalue weighted by molar-refractivity contribution is 4.76. The van der Waals surface area contributed by atoms with Crippen LogP contribution in [0.5, 0.6) is 0 Å². The highest BCUT2D eigenvalue weighted by atomic mass is 16.5. The first kappa shape index (κ1) is 14.9. The molecule has 3 nitrogen and oxygen atoms in total. The molecule has 1 saturated heterocycles. The first-order valence-electron chi connectivity index (χ1n) is 7.40. The van der Waals surface area contributed by atoms with E-state index in [0.717, 1.165) is 25.8 Å². The van der Waals surface area contributed by atoms with E-state index in [1.54, 1.807) is 0 Å². The average Bonchev–Trinajstić information content (AvgIpc) is 2.36. The second kappa shape index (κ2) is 9.86. The molecule has 0 aromatic carbocycles. The Kier molecular flexibility index (Phi) is 8.67. The van der Waals surface area contributed by atoms with Gasteiger partial charge in [0.1, 0.15) is 0 Å². The Hall–Kier alpha value is -0.120. The lowest BCUT2D eigenvalue weighted by atomic mass is 10.1. The molecular weight excluding hydrogens is 212 g/mol. The SMILES string of the molecule is CCCCOCCCN1CCC(NCC)CC1. The van der Waals surface area contributed by atoms with Crippen LogP contribution in [0.1, 0.15) is 46.0 Å². The third-order valence-electron chi connectivity index (χ3n) is 3.49. The standard InChI is InChI=1S/C14H30N2O/c1-3-5-12-17-13-6-9-16-10-7-14(8-11-16)15-4-2/h14-15H,3-13H2,1-2H3. The van der Waals surface area contributed by atoms with E-state index < -0.39 is 0 Å². The van der Waals surface area contributed by atoms with Crippen LogP contribution in [0.25, 0.3) is 0 Å². The molecule has 1 rings (SSSR count). The zero-order valence-electron chi connectivity index (χ0n) is 11.7. The molecule has 1 N–H and O–H groups in total. The molecule has 0 amide bonds. The van der Waals surface area contributed by atoms with Crippen LogP contribution in [0.15, 0.2) is 0 Å². The fraction of sp³-hybridized carbons (Fsp3) is 1.00. The summed E-state index contributed by atoms with van der Waals surface area (Å²) < 4.78 is 5.59. The smallest absolute Gasteiger partial charge is 0.0478 e. The zero-order chi connectivity index (χ0) is 12.3. The molecule has 1 aliphatic heterocycles. The van der Waals surface area contributed by atoms with Crippen LogP contribution in [0, 0.1) is 0 Å². The maximum absolute atomic E-state index is 5.59. The fourth-order valence-electron chi connectivity index (χ4n) is 2.39. The highest BCUT2D eigenvalue weighted by Gasteiger charge is 2.17. The largest absolute Gasteiger partial charge is 0.381 e. The number of likely N-dealkylation sites (tertiary alicyclic amines) is 1. The van der Waals surface area contributed by atoms with E-state index in [9.17, 15) is 0 Å². The maximum atomic E-state index is 5.59. The van der Waals surface area contributed by atoms with Gasteiger partial charge in [-0.2, -0.15) is 0 Å². The third kappa shape index (κ3) is 7.02. The zero-order valence-corrected chi connectivity index (χ0v) is 11.7. The number of nitrogens with one attached hydrogen (secondary N) is 1. The van der Waals surface area contributed by atoms with E-state index >= 15 is 0 Å². The summed E-state index contributed by atoms with van der Waals surface area (Å²) in [5.74, 6) is 0. The van der Waals surface area contributed by atoms with Crippen LogP contribution in [-0.4, -0.2) is 50.3 Å². The number of rotatable bonds is 9. The van der Waals surface area contributed by atoms with Crippen LogP contribution >= 0.6 is 0 Å². The minimum absolute atomic E-state index is 0.761. The van der Waals surface area contributed by atoms with Gasteiger partial charge in [0.05, 0.1) is 0 Å². The molecule has 1 heterocycles. The number of hydrogen-bond donors (Lipinski definition) is 1.